The number of hydrogen-bond donors (Lipinski definition) is 1. The molecule has 4 nitrogen and oxygen atoms in total. The van der Waals surface area contributed by atoms with Gasteiger partial charge in [-0.3, -0.25) is 4.79 Å². The van der Waals surface area contributed by atoms with Crippen LogP contribution in [0.2, 0.25) is 0 Å². The van der Waals surface area contributed by atoms with Gasteiger partial charge in [-0.15, -0.1) is 0 Å². The molecule has 0 aliphatic carbocycles. The number of carbonyl (C=O) groups excluding carboxylic acids is 1. The van der Waals surface area contributed by atoms with Gasteiger partial charge in [-0.25, -0.2) is 0 Å². The molecular formula is C37H72O4. The predicted octanol–water partition coefficient (Wildman–Crippen LogP) is 11.4. The molecule has 0 aliphatic heterocycles. The highest BCUT2D eigenvalue weighted by molar-refractivity contribution is 5.69. The lowest BCUT2D eigenvalue weighted by Crippen LogP contribution is -2.27. The summed E-state index contributed by atoms with van der Waals surface area (Å²) in [6.45, 7) is 5.35. The second-order valence-electron chi connectivity index (χ2n) is 12.3. The molecule has 4 heteroatoms. The largest absolute Gasteiger partial charge is 0.457 e. The second-order valence-corrected chi connectivity index (χ2v) is 12.3. The number of esters is 1. The zero-order valence-electron chi connectivity index (χ0n) is 27.8. The Morgan fingerprint density at radius 2 is 0.951 bits per heavy atom. The monoisotopic (exact) mass is 581 g/mol. The van der Waals surface area contributed by atoms with Gasteiger partial charge in [0.05, 0.1) is 13.2 Å². The van der Waals surface area contributed by atoms with E-state index in [1.165, 1.54) is 154 Å². The van der Waals surface area contributed by atoms with Crippen LogP contribution in [-0.4, -0.2) is 37.0 Å². The minimum atomic E-state index is -0.530. The van der Waals surface area contributed by atoms with Gasteiger partial charge < -0.3 is 14.6 Å². The average molecular weight is 581 g/mol. The summed E-state index contributed by atoms with van der Waals surface area (Å²) in [6.07, 6.45) is 39.6. The summed E-state index contributed by atoms with van der Waals surface area (Å²) in [5.41, 5.74) is 0. The van der Waals surface area contributed by atoms with Crippen molar-refractivity contribution in [2.45, 2.75) is 200 Å². The number of hydrogen-bond acceptors (Lipinski definition) is 4. The first-order chi connectivity index (χ1) is 20.2. The average Bonchev–Trinajstić information content (AvgIpc) is 2.98. The van der Waals surface area contributed by atoms with Crippen molar-refractivity contribution in [3.05, 3.63) is 12.2 Å². The molecule has 0 saturated carbocycles. The van der Waals surface area contributed by atoms with Gasteiger partial charge >= 0.3 is 5.97 Å². The van der Waals surface area contributed by atoms with E-state index in [4.69, 9.17) is 9.47 Å². The lowest BCUT2D eigenvalue weighted by Gasteiger charge is -2.15. The van der Waals surface area contributed by atoms with Gasteiger partial charge in [0.15, 0.2) is 0 Å². The molecule has 0 radical (unpaired) electrons. The first kappa shape index (κ1) is 40.1. The third-order valence-corrected chi connectivity index (χ3v) is 8.09. The second kappa shape index (κ2) is 35.3. The Kier molecular flexibility index (Phi) is 34.6. The number of carbonyl (C=O) groups is 1. The summed E-state index contributed by atoms with van der Waals surface area (Å²) in [7, 11) is 0. The van der Waals surface area contributed by atoms with Crippen molar-refractivity contribution in [1.82, 2.24) is 0 Å². The Morgan fingerprint density at radius 1 is 0.561 bits per heavy atom. The number of unbranched alkanes of at least 4 members (excludes halogenated alkanes) is 24. The summed E-state index contributed by atoms with van der Waals surface area (Å²) in [4.78, 5) is 12.1. The van der Waals surface area contributed by atoms with E-state index in [-0.39, 0.29) is 12.6 Å². The molecule has 1 N–H and O–H groups in total. The van der Waals surface area contributed by atoms with E-state index >= 15 is 0 Å². The number of rotatable bonds is 34. The van der Waals surface area contributed by atoms with Crippen molar-refractivity contribution < 1.29 is 19.4 Å². The van der Waals surface area contributed by atoms with Crippen LogP contribution in [0.15, 0.2) is 12.2 Å². The Hall–Kier alpha value is -0.870. The molecule has 0 aliphatic rings. The van der Waals surface area contributed by atoms with Gasteiger partial charge in [-0.2, -0.15) is 0 Å². The number of allylic oxidation sites excluding steroid dienone is 2. The van der Waals surface area contributed by atoms with Crippen molar-refractivity contribution in [2.75, 3.05) is 19.8 Å². The third-order valence-electron chi connectivity index (χ3n) is 8.09. The molecule has 0 aromatic rings. The van der Waals surface area contributed by atoms with Gasteiger partial charge in [0.2, 0.25) is 0 Å². The van der Waals surface area contributed by atoms with E-state index in [0.717, 1.165) is 19.3 Å². The van der Waals surface area contributed by atoms with E-state index in [1.54, 1.807) is 0 Å². The lowest BCUT2D eigenvalue weighted by atomic mass is 10.0. The number of aliphatic hydroxyl groups is 1. The molecule has 0 saturated heterocycles. The number of ether oxygens (including phenoxy) is 2. The van der Waals surface area contributed by atoms with Crippen LogP contribution in [0, 0.1) is 0 Å². The van der Waals surface area contributed by atoms with E-state index in [2.05, 4.69) is 26.0 Å². The Bertz CT molecular complexity index is 533. The number of aliphatic hydroxyl groups excluding tert-OH is 1. The first-order valence-electron chi connectivity index (χ1n) is 18.3. The molecule has 0 spiro atoms. The molecule has 0 heterocycles. The predicted molar refractivity (Wildman–Crippen MR) is 178 cm³/mol. The highest BCUT2D eigenvalue weighted by atomic mass is 16.6. The smallest absolute Gasteiger partial charge is 0.306 e. The van der Waals surface area contributed by atoms with Gasteiger partial charge in [-0.1, -0.05) is 161 Å². The maximum atomic E-state index is 12.1. The minimum Gasteiger partial charge on any atom is -0.457 e. The highest BCUT2D eigenvalue weighted by Crippen LogP contribution is 2.14. The quantitative estimate of drug-likeness (QED) is 0.0467. The fourth-order valence-electron chi connectivity index (χ4n) is 5.32. The normalized spacial score (nSPS) is 12.4. The maximum absolute atomic E-state index is 12.1. The summed E-state index contributed by atoms with van der Waals surface area (Å²) in [5, 5.41) is 9.54. The summed E-state index contributed by atoms with van der Waals surface area (Å²) < 4.78 is 11.1. The maximum Gasteiger partial charge on any atom is 0.306 e. The SMILES string of the molecule is CCCCCCCCC=CCCCCCCCC(=O)OC(CO)COCCCCCCCCCCCCCCCC. The van der Waals surface area contributed by atoms with E-state index in [1.807, 2.05) is 0 Å². The zero-order valence-corrected chi connectivity index (χ0v) is 27.8. The van der Waals surface area contributed by atoms with Crippen molar-refractivity contribution in [3.8, 4) is 0 Å². The molecule has 0 fully saturated rings. The summed E-state index contributed by atoms with van der Waals surface area (Å²) >= 11 is 0. The van der Waals surface area contributed by atoms with Crippen LogP contribution in [0.1, 0.15) is 194 Å². The summed E-state index contributed by atoms with van der Waals surface area (Å²) in [6, 6.07) is 0. The molecule has 41 heavy (non-hydrogen) atoms. The molecule has 0 amide bonds. The summed E-state index contributed by atoms with van der Waals surface area (Å²) in [5.74, 6) is -0.207. The van der Waals surface area contributed by atoms with Crippen LogP contribution >= 0.6 is 0 Å². The Labute approximate surface area is 256 Å². The Morgan fingerprint density at radius 3 is 1.39 bits per heavy atom. The van der Waals surface area contributed by atoms with Crippen molar-refractivity contribution in [3.63, 3.8) is 0 Å². The molecule has 1 unspecified atom stereocenters. The van der Waals surface area contributed by atoms with Crippen LogP contribution in [0.5, 0.6) is 0 Å². The van der Waals surface area contributed by atoms with Gasteiger partial charge in [-0.05, 0) is 38.5 Å². The van der Waals surface area contributed by atoms with E-state index < -0.39 is 6.10 Å². The molecule has 0 rings (SSSR count). The standard InChI is InChI=1S/C37H72O4/c1-3-5-7-9-11-13-15-17-19-20-22-24-26-28-30-32-37(39)41-36(34-38)35-40-33-31-29-27-25-23-21-18-16-14-12-10-8-6-4-2/h17,19,36,38H,3-16,18,20-35H2,1-2H3. The van der Waals surface area contributed by atoms with E-state index in [9.17, 15) is 9.90 Å². The highest BCUT2D eigenvalue weighted by Gasteiger charge is 2.13. The van der Waals surface area contributed by atoms with Crippen LogP contribution in [0.3, 0.4) is 0 Å². The van der Waals surface area contributed by atoms with Crippen LogP contribution in [0.25, 0.3) is 0 Å². The Balaban J connectivity index is 3.42. The van der Waals surface area contributed by atoms with Gasteiger partial charge in [0.25, 0.3) is 0 Å². The van der Waals surface area contributed by atoms with Crippen molar-refractivity contribution in [1.29, 1.82) is 0 Å². The van der Waals surface area contributed by atoms with E-state index in [0.29, 0.717) is 19.6 Å². The fourth-order valence-corrected chi connectivity index (χ4v) is 5.32. The molecule has 0 aromatic carbocycles. The van der Waals surface area contributed by atoms with Crippen LogP contribution in [-0.2, 0) is 14.3 Å². The molecule has 1 atom stereocenters. The third kappa shape index (κ3) is 33.5. The van der Waals surface area contributed by atoms with Crippen molar-refractivity contribution >= 4 is 5.97 Å². The molecule has 0 aromatic heterocycles. The first-order valence-corrected chi connectivity index (χ1v) is 18.3. The fraction of sp³-hybridized carbons (Fsp3) is 0.919. The lowest BCUT2D eigenvalue weighted by molar-refractivity contribution is -0.154. The molecule has 0 bridgehead atoms. The molecule has 244 valence electrons. The molecular weight excluding hydrogens is 508 g/mol. The van der Waals surface area contributed by atoms with Crippen molar-refractivity contribution in [2.24, 2.45) is 0 Å². The zero-order chi connectivity index (χ0) is 29.9. The van der Waals surface area contributed by atoms with Crippen LogP contribution in [0.4, 0.5) is 0 Å². The van der Waals surface area contributed by atoms with Gasteiger partial charge in [0, 0.05) is 13.0 Å². The minimum absolute atomic E-state index is 0.170. The van der Waals surface area contributed by atoms with Gasteiger partial charge in [0.1, 0.15) is 6.10 Å². The van der Waals surface area contributed by atoms with Crippen LogP contribution < -0.4 is 0 Å². The topological polar surface area (TPSA) is 55.8 Å².